The minimum absolute atomic E-state index is 0.0482. The zero-order valence-electron chi connectivity index (χ0n) is 15.5. The second-order valence-corrected chi connectivity index (χ2v) is 7.25. The Balaban J connectivity index is 1.97. The lowest BCUT2D eigenvalue weighted by molar-refractivity contribution is -0.151. The number of halogens is 3. The number of esters is 1. The Kier molecular flexibility index (Phi) is 6.63. The molecule has 2 aromatic carbocycles. The molecule has 0 radical (unpaired) electrons. The molecule has 2 N–H and O–H groups in total. The van der Waals surface area contributed by atoms with Crippen molar-refractivity contribution in [1.82, 2.24) is 4.98 Å². The van der Waals surface area contributed by atoms with Crippen molar-refractivity contribution in [2.45, 2.75) is 13.0 Å². The summed E-state index contributed by atoms with van der Waals surface area (Å²) in [5, 5.41) is 2.42. The van der Waals surface area contributed by atoms with Crippen LogP contribution in [0.4, 0.5) is 8.78 Å². The van der Waals surface area contributed by atoms with Crippen LogP contribution < -0.4 is 10.5 Å². The topological polar surface area (TPSA) is 91.5 Å². The first-order valence-corrected chi connectivity index (χ1v) is 9.90. The summed E-state index contributed by atoms with van der Waals surface area (Å²) in [7, 11) is 0. The van der Waals surface area contributed by atoms with Crippen molar-refractivity contribution < 1.29 is 27.8 Å². The summed E-state index contributed by atoms with van der Waals surface area (Å²) in [5.41, 5.74) is 5.35. The van der Waals surface area contributed by atoms with Gasteiger partial charge in [-0.3, -0.25) is 4.79 Å². The number of amides is 1. The molecule has 1 amide bonds. The van der Waals surface area contributed by atoms with E-state index in [2.05, 4.69) is 4.98 Å². The Morgan fingerprint density at radius 3 is 2.53 bits per heavy atom. The third-order valence-corrected chi connectivity index (χ3v) is 5.07. The van der Waals surface area contributed by atoms with Gasteiger partial charge in [-0.2, -0.15) is 0 Å². The van der Waals surface area contributed by atoms with Crippen LogP contribution in [0.15, 0.2) is 41.8 Å². The van der Waals surface area contributed by atoms with Crippen molar-refractivity contribution in [3.05, 3.63) is 69.0 Å². The van der Waals surface area contributed by atoms with Crippen molar-refractivity contribution in [1.29, 1.82) is 0 Å². The van der Waals surface area contributed by atoms with Gasteiger partial charge in [0.05, 0.1) is 12.3 Å². The number of thiazole rings is 1. The SMILES string of the molecule is CCOC(=O)C(Oc1ccc(F)c(C(N)=O)c1F)c1nc(-c2ccc(Cl)cc2)cs1. The van der Waals surface area contributed by atoms with E-state index in [-0.39, 0.29) is 11.6 Å². The highest BCUT2D eigenvalue weighted by molar-refractivity contribution is 7.10. The average Bonchev–Trinajstić information content (AvgIpc) is 3.17. The van der Waals surface area contributed by atoms with Crippen molar-refractivity contribution in [3.8, 4) is 17.0 Å². The van der Waals surface area contributed by atoms with Crippen LogP contribution in [0.5, 0.6) is 5.75 Å². The number of carbonyl (C=O) groups is 2. The molecule has 1 aromatic heterocycles. The summed E-state index contributed by atoms with van der Waals surface area (Å²) < 4.78 is 38.8. The fraction of sp³-hybridized carbons (Fsp3) is 0.150. The molecule has 156 valence electrons. The van der Waals surface area contributed by atoms with Crippen LogP contribution in [0.2, 0.25) is 5.02 Å². The minimum atomic E-state index is -1.43. The fourth-order valence-electron chi connectivity index (χ4n) is 2.56. The summed E-state index contributed by atoms with van der Waals surface area (Å²) in [6, 6.07) is 8.65. The summed E-state index contributed by atoms with van der Waals surface area (Å²) in [5.74, 6) is -5.11. The standard InChI is InChI=1S/C20H15ClF2N2O4S/c1-2-28-20(27)17(29-14-8-7-12(22)15(16(14)23)18(24)26)19-25-13(9-30-19)10-3-5-11(21)6-4-10/h3-9,17H,2H2,1H3,(H2,24,26). The molecule has 0 aliphatic carbocycles. The molecular formula is C20H15ClF2N2O4S. The third kappa shape index (κ3) is 4.58. The number of ether oxygens (including phenoxy) is 2. The predicted molar refractivity (Wildman–Crippen MR) is 107 cm³/mol. The minimum Gasteiger partial charge on any atom is -0.468 e. The number of carbonyl (C=O) groups excluding carboxylic acids is 2. The second-order valence-electron chi connectivity index (χ2n) is 5.93. The maximum absolute atomic E-state index is 14.6. The number of hydrogen-bond acceptors (Lipinski definition) is 6. The maximum Gasteiger partial charge on any atom is 0.354 e. The number of nitrogens with zero attached hydrogens (tertiary/aromatic N) is 1. The third-order valence-electron chi connectivity index (χ3n) is 3.93. The van der Waals surface area contributed by atoms with Gasteiger partial charge in [0.1, 0.15) is 16.4 Å². The number of primary amides is 1. The summed E-state index contributed by atoms with van der Waals surface area (Å²) in [6.07, 6.45) is -1.43. The molecule has 0 spiro atoms. The van der Waals surface area contributed by atoms with E-state index >= 15 is 0 Å². The van der Waals surface area contributed by atoms with Crippen molar-refractivity contribution >= 4 is 34.8 Å². The van der Waals surface area contributed by atoms with Crippen LogP contribution in [-0.4, -0.2) is 23.5 Å². The first kappa shape index (κ1) is 21.7. The molecule has 10 heteroatoms. The molecule has 30 heavy (non-hydrogen) atoms. The van der Waals surface area contributed by atoms with E-state index in [4.69, 9.17) is 26.8 Å². The highest BCUT2D eigenvalue weighted by atomic mass is 35.5. The molecule has 0 aliphatic rings. The van der Waals surface area contributed by atoms with E-state index in [1.807, 2.05) is 0 Å². The zero-order chi connectivity index (χ0) is 21.8. The van der Waals surface area contributed by atoms with Gasteiger partial charge in [-0.25, -0.2) is 18.6 Å². The van der Waals surface area contributed by atoms with Gasteiger partial charge in [-0.05, 0) is 31.2 Å². The van der Waals surface area contributed by atoms with Gasteiger partial charge in [-0.15, -0.1) is 11.3 Å². The molecule has 0 saturated heterocycles. The lowest BCUT2D eigenvalue weighted by Gasteiger charge is -2.17. The monoisotopic (exact) mass is 452 g/mol. The largest absolute Gasteiger partial charge is 0.468 e. The van der Waals surface area contributed by atoms with Crippen molar-refractivity contribution in [2.75, 3.05) is 6.61 Å². The van der Waals surface area contributed by atoms with E-state index in [1.165, 1.54) is 0 Å². The predicted octanol–water partition coefficient (Wildman–Crippen LogP) is 4.52. The normalized spacial score (nSPS) is 11.7. The number of hydrogen-bond donors (Lipinski definition) is 1. The molecule has 0 aliphatic heterocycles. The smallest absolute Gasteiger partial charge is 0.354 e. The van der Waals surface area contributed by atoms with E-state index in [1.54, 1.807) is 36.6 Å². The summed E-state index contributed by atoms with van der Waals surface area (Å²) in [6.45, 7) is 1.65. The van der Waals surface area contributed by atoms with Crippen LogP contribution in [-0.2, 0) is 9.53 Å². The highest BCUT2D eigenvalue weighted by Crippen LogP contribution is 2.32. The molecule has 0 saturated carbocycles. The molecular weight excluding hydrogens is 438 g/mol. The Labute approximate surface area is 179 Å². The molecule has 3 rings (SSSR count). The number of benzene rings is 2. The van der Waals surface area contributed by atoms with Crippen LogP contribution >= 0.6 is 22.9 Å². The molecule has 1 heterocycles. The maximum atomic E-state index is 14.6. The van der Waals surface area contributed by atoms with E-state index < -0.39 is 40.9 Å². The zero-order valence-corrected chi connectivity index (χ0v) is 17.1. The van der Waals surface area contributed by atoms with Crippen molar-refractivity contribution in [2.24, 2.45) is 5.73 Å². The molecule has 0 bridgehead atoms. The molecule has 1 unspecified atom stereocenters. The van der Waals surface area contributed by atoms with E-state index in [0.29, 0.717) is 10.7 Å². The quantitative estimate of drug-likeness (QED) is 0.532. The molecule has 1 atom stereocenters. The van der Waals surface area contributed by atoms with Gasteiger partial charge in [0, 0.05) is 16.0 Å². The van der Waals surface area contributed by atoms with Gasteiger partial charge in [0.25, 0.3) is 5.91 Å². The van der Waals surface area contributed by atoms with Gasteiger partial charge >= 0.3 is 5.97 Å². The summed E-state index contributed by atoms with van der Waals surface area (Å²) >= 11 is 6.98. The van der Waals surface area contributed by atoms with Gasteiger partial charge in [-0.1, -0.05) is 23.7 Å². The highest BCUT2D eigenvalue weighted by Gasteiger charge is 2.30. The van der Waals surface area contributed by atoms with E-state index in [9.17, 15) is 18.4 Å². The van der Waals surface area contributed by atoms with E-state index in [0.717, 1.165) is 29.0 Å². The molecule has 6 nitrogen and oxygen atoms in total. The lowest BCUT2D eigenvalue weighted by atomic mass is 10.1. The fourth-order valence-corrected chi connectivity index (χ4v) is 3.52. The van der Waals surface area contributed by atoms with Crippen LogP contribution in [0.25, 0.3) is 11.3 Å². The first-order valence-electron chi connectivity index (χ1n) is 8.64. The van der Waals surface area contributed by atoms with Crippen LogP contribution in [0.3, 0.4) is 0 Å². The Morgan fingerprint density at radius 1 is 1.20 bits per heavy atom. The lowest BCUT2D eigenvalue weighted by Crippen LogP contribution is -2.23. The Bertz CT molecular complexity index is 1090. The van der Waals surface area contributed by atoms with Crippen LogP contribution in [0.1, 0.15) is 28.4 Å². The average molecular weight is 453 g/mol. The number of aromatic nitrogens is 1. The Hall–Kier alpha value is -3.04. The second kappa shape index (κ2) is 9.19. The number of nitrogens with two attached hydrogens (primary N) is 1. The molecule has 3 aromatic rings. The number of rotatable bonds is 7. The summed E-state index contributed by atoms with van der Waals surface area (Å²) in [4.78, 5) is 28.2. The van der Waals surface area contributed by atoms with Gasteiger partial charge in [0.15, 0.2) is 11.6 Å². The Morgan fingerprint density at radius 2 is 1.90 bits per heavy atom. The molecule has 0 fully saturated rings. The van der Waals surface area contributed by atoms with Gasteiger partial charge in [0.2, 0.25) is 6.10 Å². The van der Waals surface area contributed by atoms with Crippen molar-refractivity contribution in [3.63, 3.8) is 0 Å². The van der Waals surface area contributed by atoms with Gasteiger partial charge < -0.3 is 15.2 Å². The van der Waals surface area contributed by atoms with Crippen LogP contribution in [0, 0.1) is 11.6 Å². The first-order chi connectivity index (χ1) is 14.3.